The predicted molar refractivity (Wildman–Crippen MR) is 155 cm³/mol. The molecule has 0 bridgehead atoms. The zero-order chi connectivity index (χ0) is 28.5. The summed E-state index contributed by atoms with van der Waals surface area (Å²) in [6.45, 7) is 0. The standard InChI is InChI=1S/C30H21FN4O4S2/c1-39-23-10-9-19(15-22(23)31)26(36)24-25(18-11-13-32-14-12-18)35(28(38)27(24)37)29-33-34-30(41-29)40-16-20-7-4-6-17-5-2-3-8-21(17)20/h2-15,25,36H,16H2,1H3/t25-/m1/s1. The number of nitrogens with zero attached hydrogens (tertiary/aromatic N) is 4. The number of aromatic nitrogens is 3. The highest BCUT2D eigenvalue weighted by atomic mass is 32.2. The number of halogens is 1. The zero-order valence-corrected chi connectivity index (χ0v) is 23.2. The first-order valence-corrected chi connectivity index (χ1v) is 14.2. The Morgan fingerprint density at radius 1 is 1.05 bits per heavy atom. The number of hydrogen-bond donors (Lipinski definition) is 1. The molecule has 1 saturated heterocycles. The second kappa shape index (κ2) is 11.1. The molecular weight excluding hydrogens is 563 g/mol. The molecule has 5 aromatic rings. The van der Waals surface area contributed by atoms with E-state index in [1.54, 1.807) is 12.1 Å². The summed E-state index contributed by atoms with van der Waals surface area (Å²) < 4.78 is 20.0. The van der Waals surface area contributed by atoms with Crippen LogP contribution < -0.4 is 9.64 Å². The number of carbonyl (C=O) groups is 2. The van der Waals surface area contributed by atoms with Crippen LogP contribution in [-0.2, 0) is 15.3 Å². The number of pyridine rings is 1. The van der Waals surface area contributed by atoms with E-state index in [2.05, 4.69) is 39.4 Å². The number of aliphatic hydroxyl groups is 1. The summed E-state index contributed by atoms with van der Waals surface area (Å²) in [7, 11) is 1.32. The number of benzene rings is 3. The van der Waals surface area contributed by atoms with Gasteiger partial charge in [0.05, 0.1) is 18.7 Å². The quantitative estimate of drug-likeness (QED) is 0.0798. The van der Waals surface area contributed by atoms with Crippen LogP contribution in [0.1, 0.15) is 22.7 Å². The van der Waals surface area contributed by atoms with Gasteiger partial charge in [0.25, 0.3) is 5.78 Å². The van der Waals surface area contributed by atoms with Crippen molar-refractivity contribution >= 4 is 56.5 Å². The number of rotatable bonds is 7. The second-order valence-corrected chi connectivity index (χ2v) is 11.3. The van der Waals surface area contributed by atoms with Gasteiger partial charge in [-0.05, 0) is 52.2 Å². The third-order valence-corrected chi connectivity index (χ3v) is 8.83. The van der Waals surface area contributed by atoms with E-state index in [4.69, 9.17) is 4.74 Å². The van der Waals surface area contributed by atoms with Gasteiger partial charge in [0.15, 0.2) is 15.9 Å². The van der Waals surface area contributed by atoms with E-state index >= 15 is 0 Å². The van der Waals surface area contributed by atoms with Gasteiger partial charge >= 0.3 is 5.91 Å². The first-order valence-electron chi connectivity index (χ1n) is 12.4. The smallest absolute Gasteiger partial charge is 0.301 e. The Kier molecular flexibility index (Phi) is 7.21. The Balaban J connectivity index is 1.36. The zero-order valence-electron chi connectivity index (χ0n) is 21.5. The molecule has 2 aromatic heterocycles. The Morgan fingerprint density at radius 3 is 2.61 bits per heavy atom. The topological polar surface area (TPSA) is 106 Å². The van der Waals surface area contributed by atoms with Crippen LogP contribution in [0, 0.1) is 5.82 Å². The molecule has 1 atom stereocenters. The van der Waals surface area contributed by atoms with Crippen molar-refractivity contribution in [1.82, 2.24) is 15.2 Å². The van der Waals surface area contributed by atoms with Crippen molar-refractivity contribution in [3.05, 3.63) is 113 Å². The Bertz CT molecular complexity index is 1820. The van der Waals surface area contributed by atoms with E-state index in [0.29, 0.717) is 15.7 Å². The summed E-state index contributed by atoms with van der Waals surface area (Å²) in [6, 6.07) is 20.3. The lowest BCUT2D eigenvalue weighted by Gasteiger charge is -2.22. The maximum atomic E-state index is 14.5. The second-order valence-electron chi connectivity index (χ2n) is 9.08. The SMILES string of the molecule is COc1ccc(C(O)=C2C(=O)C(=O)N(c3nnc(SCc4cccc5ccccc45)s3)[C@@H]2c2ccncc2)cc1F. The van der Waals surface area contributed by atoms with E-state index in [0.717, 1.165) is 22.4 Å². The van der Waals surface area contributed by atoms with E-state index in [-0.39, 0.29) is 22.0 Å². The number of methoxy groups -OCH3 is 1. The fourth-order valence-electron chi connectivity index (χ4n) is 4.78. The molecule has 1 N–H and O–H groups in total. The number of hydrogen-bond acceptors (Lipinski definition) is 9. The van der Waals surface area contributed by atoms with E-state index in [9.17, 15) is 19.1 Å². The van der Waals surface area contributed by atoms with Crippen LogP contribution in [0.25, 0.3) is 16.5 Å². The molecule has 1 aliphatic rings. The number of ether oxygens (including phenoxy) is 1. The molecule has 1 fully saturated rings. The molecule has 0 aliphatic carbocycles. The van der Waals surface area contributed by atoms with Gasteiger partial charge in [-0.25, -0.2) is 4.39 Å². The molecule has 41 heavy (non-hydrogen) atoms. The molecule has 0 spiro atoms. The summed E-state index contributed by atoms with van der Waals surface area (Å²) in [5.74, 6) is -2.40. The fourth-order valence-corrected chi connectivity index (χ4v) is 6.65. The summed E-state index contributed by atoms with van der Waals surface area (Å²) in [6.07, 6.45) is 3.04. The number of aliphatic hydroxyl groups excluding tert-OH is 1. The number of amides is 1. The summed E-state index contributed by atoms with van der Waals surface area (Å²) >= 11 is 2.65. The van der Waals surface area contributed by atoms with E-state index < -0.39 is 29.3 Å². The highest BCUT2D eigenvalue weighted by Gasteiger charge is 2.48. The highest BCUT2D eigenvalue weighted by molar-refractivity contribution is 8.00. The van der Waals surface area contributed by atoms with Crippen molar-refractivity contribution < 1.29 is 23.8 Å². The van der Waals surface area contributed by atoms with Crippen LogP contribution in [0.15, 0.2) is 95.1 Å². The largest absolute Gasteiger partial charge is 0.507 e. The Hall–Kier alpha value is -4.61. The molecule has 0 unspecified atom stereocenters. The van der Waals surface area contributed by atoms with Gasteiger partial charge in [-0.2, -0.15) is 0 Å². The third-order valence-electron chi connectivity index (χ3n) is 6.72. The minimum Gasteiger partial charge on any atom is -0.507 e. The van der Waals surface area contributed by atoms with Crippen molar-refractivity contribution in [2.24, 2.45) is 0 Å². The van der Waals surface area contributed by atoms with Crippen LogP contribution in [0.3, 0.4) is 0 Å². The highest BCUT2D eigenvalue weighted by Crippen LogP contribution is 2.44. The monoisotopic (exact) mass is 584 g/mol. The van der Waals surface area contributed by atoms with Crippen LogP contribution >= 0.6 is 23.1 Å². The number of fused-ring (bicyclic) bond motifs is 1. The molecule has 0 saturated carbocycles. The fraction of sp³-hybridized carbons (Fsp3) is 0.100. The number of carbonyl (C=O) groups excluding carboxylic acids is 2. The Morgan fingerprint density at radius 2 is 1.83 bits per heavy atom. The van der Waals surface area contributed by atoms with Crippen molar-refractivity contribution in [2.45, 2.75) is 16.1 Å². The normalized spacial score (nSPS) is 16.4. The average Bonchev–Trinajstić information content (AvgIpc) is 3.57. The summed E-state index contributed by atoms with van der Waals surface area (Å²) in [5.41, 5.74) is 1.50. The lowest BCUT2D eigenvalue weighted by molar-refractivity contribution is -0.132. The number of anilines is 1. The van der Waals surface area contributed by atoms with Crippen molar-refractivity contribution in [3.63, 3.8) is 0 Å². The summed E-state index contributed by atoms with van der Waals surface area (Å²) in [5, 5.41) is 22.2. The summed E-state index contributed by atoms with van der Waals surface area (Å²) in [4.78, 5) is 32.0. The number of ketones is 1. The van der Waals surface area contributed by atoms with Crippen molar-refractivity contribution in [3.8, 4) is 5.75 Å². The van der Waals surface area contributed by atoms with Crippen molar-refractivity contribution in [1.29, 1.82) is 0 Å². The molecule has 3 aromatic carbocycles. The van der Waals surface area contributed by atoms with Gasteiger partial charge in [-0.1, -0.05) is 65.6 Å². The van der Waals surface area contributed by atoms with Crippen LogP contribution in [0.4, 0.5) is 9.52 Å². The lowest BCUT2D eigenvalue weighted by Crippen LogP contribution is -2.29. The van der Waals surface area contributed by atoms with Crippen molar-refractivity contribution in [2.75, 3.05) is 12.0 Å². The first kappa shape index (κ1) is 26.6. The molecule has 8 nitrogen and oxygen atoms in total. The van der Waals surface area contributed by atoms with E-state index in [1.165, 1.54) is 59.6 Å². The van der Waals surface area contributed by atoms with Crippen LogP contribution in [-0.4, -0.2) is 39.1 Å². The molecule has 1 amide bonds. The molecule has 204 valence electrons. The van der Waals surface area contributed by atoms with Gasteiger partial charge in [-0.15, -0.1) is 10.2 Å². The molecule has 0 radical (unpaired) electrons. The lowest BCUT2D eigenvalue weighted by atomic mass is 9.96. The number of Topliss-reactive ketones (excluding diaryl/α,β-unsaturated/α-hetero) is 1. The van der Waals surface area contributed by atoms with Gasteiger partial charge in [0.2, 0.25) is 5.13 Å². The van der Waals surface area contributed by atoms with Gasteiger partial charge < -0.3 is 9.84 Å². The molecule has 11 heteroatoms. The molecular formula is C30H21FN4O4S2. The average molecular weight is 585 g/mol. The minimum absolute atomic E-state index is 0.0184. The molecule has 6 rings (SSSR count). The first-order chi connectivity index (χ1) is 20.0. The maximum Gasteiger partial charge on any atom is 0.301 e. The molecule has 1 aliphatic heterocycles. The third kappa shape index (κ3) is 4.94. The van der Waals surface area contributed by atoms with E-state index in [1.807, 2.05) is 18.2 Å². The predicted octanol–water partition coefficient (Wildman–Crippen LogP) is 6.15. The number of thioether (sulfide) groups is 1. The molecule has 3 heterocycles. The van der Waals surface area contributed by atoms with Gasteiger partial charge in [0, 0.05) is 23.7 Å². The van der Waals surface area contributed by atoms with Crippen LogP contribution in [0.5, 0.6) is 5.75 Å². The van der Waals surface area contributed by atoms with Gasteiger partial charge in [-0.3, -0.25) is 19.5 Å². The Labute approximate surface area is 242 Å². The maximum absolute atomic E-state index is 14.5. The van der Waals surface area contributed by atoms with Gasteiger partial charge in [0.1, 0.15) is 5.76 Å². The van der Waals surface area contributed by atoms with Crippen LogP contribution in [0.2, 0.25) is 0 Å². The minimum atomic E-state index is -1.02.